The van der Waals surface area contributed by atoms with Crippen LogP contribution in [0.25, 0.3) is 0 Å². The third kappa shape index (κ3) is 3.16. The van der Waals surface area contributed by atoms with Gasteiger partial charge in [-0.05, 0) is 46.9 Å². The number of carbonyl (C=O) groups excluding carboxylic acids is 1. The van der Waals surface area contributed by atoms with Crippen LogP contribution in [0.3, 0.4) is 0 Å². The maximum absolute atomic E-state index is 11.7. The monoisotopic (exact) mass is 334 g/mol. The second-order valence-electron chi connectivity index (χ2n) is 3.29. The Morgan fingerprint density at radius 1 is 1.31 bits per heavy atom. The van der Waals surface area contributed by atoms with E-state index in [1.165, 1.54) is 0 Å². The van der Waals surface area contributed by atoms with Gasteiger partial charge in [-0.2, -0.15) is 0 Å². The van der Waals surface area contributed by atoms with Crippen LogP contribution in [-0.2, 0) is 14.2 Å². The van der Waals surface area contributed by atoms with Gasteiger partial charge in [-0.3, -0.25) is 0 Å². The van der Waals surface area contributed by atoms with Crippen molar-refractivity contribution in [2.24, 2.45) is 0 Å². The van der Waals surface area contributed by atoms with E-state index < -0.39 is 6.29 Å². The van der Waals surface area contributed by atoms with Crippen molar-refractivity contribution in [1.82, 2.24) is 0 Å². The zero-order chi connectivity index (χ0) is 11.4. The van der Waals surface area contributed by atoms with Crippen molar-refractivity contribution in [2.45, 2.75) is 6.29 Å². The average Bonchev–Trinajstić information content (AvgIpc) is 2.31. The van der Waals surface area contributed by atoms with E-state index in [4.69, 9.17) is 14.2 Å². The van der Waals surface area contributed by atoms with E-state index in [1.807, 2.05) is 12.1 Å². The van der Waals surface area contributed by atoms with Crippen LogP contribution < -0.4 is 0 Å². The first-order valence-electron chi connectivity index (χ1n) is 4.91. The van der Waals surface area contributed by atoms with Crippen molar-refractivity contribution in [3.05, 3.63) is 33.4 Å². The highest BCUT2D eigenvalue weighted by molar-refractivity contribution is 14.1. The Morgan fingerprint density at radius 3 is 2.69 bits per heavy atom. The molecular formula is C11H11IO4. The molecule has 5 heteroatoms. The molecule has 0 aliphatic carbocycles. The topological polar surface area (TPSA) is 44.8 Å². The molecule has 86 valence electrons. The summed E-state index contributed by atoms with van der Waals surface area (Å²) in [4.78, 5) is 11.7. The summed E-state index contributed by atoms with van der Waals surface area (Å²) in [5.41, 5.74) is 0.523. The Morgan fingerprint density at radius 2 is 2.06 bits per heavy atom. The first-order valence-corrected chi connectivity index (χ1v) is 5.99. The van der Waals surface area contributed by atoms with E-state index in [9.17, 15) is 4.79 Å². The van der Waals surface area contributed by atoms with Gasteiger partial charge in [0, 0.05) is 3.57 Å². The summed E-state index contributed by atoms with van der Waals surface area (Å²) in [6.45, 7) is 1.32. The van der Waals surface area contributed by atoms with E-state index in [1.54, 1.807) is 12.1 Å². The van der Waals surface area contributed by atoms with E-state index in [0.717, 1.165) is 3.57 Å². The molecule has 1 aromatic carbocycles. The summed E-state index contributed by atoms with van der Waals surface area (Å²) in [5.74, 6) is -0.382. The summed E-state index contributed by atoms with van der Waals surface area (Å²) >= 11 is 2.18. The third-order valence-electron chi connectivity index (χ3n) is 2.10. The molecule has 0 saturated carbocycles. The van der Waals surface area contributed by atoms with E-state index in [2.05, 4.69) is 22.6 Å². The van der Waals surface area contributed by atoms with Crippen LogP contribution in [0.4, 0.5) is 0 Å². The normalized spacial score (nSPS) is 20.4. The number of ether oxygens (including phenoxy) is 3. The Hall–Kier alpha value is -0.660. The van der Waals surface area contributed by atoms with E-state index >= 15 is 0 Å². The van der Waals surface area contributed by atoms with Gasteiger partial charge in [0.25, 0.3) is 0 Å². The summed E-state index contributed by atoms with van der Waals surface area (Å²) < 4.78 is 16.6. The van der Waals surface area contributed by atoms with Gasteiger partial charge in [0.2, 0.25) is 6.29 Å². The summed E-state index contributed by atoms with van der Waals surface area (Å²) in [6, 6.07) is 7.17. The molecule has 0 aromatic heterocycles. The standard InChI is InChI=1S/C11H11IO4/c12-9-3-1-8(2-4-9)11(13)16-10-7-14-5-6-15-10/h1-4,10H,5-7H2/t10-/m0/s1. The van der Waals surface area contributed by atoms with Crippen LogP contribution in [0.5, 0.6) is 0 Å². The van der Waals surface area contributed by atoms with Crippen molar-refractivity contribution >= 4 is 28.6 Å². The molecule has 1 aliphatic heterocycles. The highest BCUT2D eigenvalue weighted by Crippen LogP contribution is 2.10. The lowest BCUT2D eigenvalue weighted by atomic mass is 10.2. The maximum atomic E-state index is 11.7. The largest absolute Gasteiger partial charge is 0.430 e. The van der Waals surface area contributed by atoms with Crippen molar-refractivity contribution in [2.75, 3.05) is 19.8 Å². The quantitative estimate of drug-likeness (QED) is 0.611. The molecule has 1 aromatic rings. The number of halogens is 1. The van der Waals surface area contributed by atoms with Gasteiger partial charge in [0.15, 0.2) is 0 Å². The van der Waals surface area contributed by atoms with Gasteiger partial charge in [-0.25, -0.2) is 4.79 Å². The van der Waals surface area contributed by atoms with Crippen molar-refractivity contribution in [1.29, 1.82) is 0 Å². The molecule has 0 spiro atoms. The lowest BCUT2D eigenvalue weighted by Gasteiger charge is -2.22. The SMILES string of the molecule is O=C(O[C@H]1COCCO1)c1ccc(I)cc1. The molecule has 1 atom stereocenters. The molecule has 16 heavy (non-hydrogen) atoms. The number of benzene rings is 1. The molecule has 1 saturated heterocycles. The number of rotatable bonds is 2. The minimum Gasteiger partial charge on any atom is -0.430 e. The number of carbonyl (C=O) groups is 1. The fourth-order valence-corrected chi connectivity index (χ4v) is 1.67. The summed E-state index contributed by atoms with van der Waals surface area (Å²) in [7, 11) is 0. The molecule has 0 radical (unpaired) electrons. The molecule has 0 unspecified atom stereocenters. The molecule has 1 aliphatic rings. The fourth-order valence-electron chi connectivity index (χ4n) is 1.31. The maximum Gasteiger partial charge on any atom is 0.340 e. The molecule has 0 N–H and O–H groups in total. The van der Waals surface area contributed by atoms with Gasteiger partial charge in [-0.1, -0.05) is 0 Å². The predicted molar refractivity (Wildman–Crippen MR) is 65.1 cm³/mol. The van der Waals surface area contributed by atoms with Crippen LogP contribution in [0, 0.1) is 3.57 Å². The highest BCUT2D eigenvalue weighted by Gasteiger charge is 2.19. The van der Waals surface area contributed by atoms with Gasteiger partial charge in [-0.15, -0.1) is 0 Å². The lowest BCUT2D eigenvalue weighted by Crippen LogP contribution is -2.32. The molecule has 1 heterocycles. The van der Waals surface area contributed by atoms with Crippen LogP contribution in [0.15, 0.2) is 24.3 Å². The molecule has 0 amide bonds. The van der Waals surface area contributed by atoms with Gasteiger partial charge < -0.3 is 14.2 Å². The Balaban J connectivity index is 1.94. The lowest BCUT2D eigenvalue weighted by molar-refractivity contribution is -0.186. The molecule has 2 rings (SSSR count). The van der Waals surface area contributed by atoms with Crippen LogP contribution in [-0.4, -0.2) is 32.1 Å². The third-order valence-corrected chi connectivity index (χ3v) is 2.82. The first-order chi connectivity index (χ1) is 7.75. The van der Waals surface area contributed by atoms with Gasteiger partial charge in [0.05, 0.1) is 18.8 Å². The number of esters is 1. The Labute approximate surface area is 107 Å². The van der Waals surface area contributed by atoms with E-state index in [0.29, 0.717) is 25.4 Å². The minimum atomic E-state index is -0.583. The Kier molecular flexibility index (Phi) is 4.14. The zero-order valence-corrected chi connectivity index (χ0v) is 10.7. The molecule has 0 bridgehead atoms. The van der Waals surface area contributed by atoms with Crippen molar-refractivity contribution in [3.8, 4) is 0 Å². The second-order valence-corrected chi connectivity index (χ2v) is 4.53. The van der Waals surface area contributed by atoms with Crippen LogP contribution in [0.2, 0.25) is 0 Å². The Bertz CT molecular complexity index is 357. The van der Waals surface area contributed by atoms with Gasteiger partial charge >= 0.3 is 5.97 Å². The average molecular weight is 334 g/mol. The van der Waals surface area contributed by atoms with Crippen LogP contribution >= 0.6 is 22.6 Å². The smallest absolute Gasteiger partial charge is 0.340 e. The van der Waals surface area contributed by atoms with Crippen molar-refractivity contribution in [3.63, 3.8) is 0 Å². The zero-order valence-electron chi connectivity index (χ0n) is 8.52. The predicted octanol–water partition coefficient (Wildman–Crippen LogP) is 1.82. The van der Waals surface area contributed by atoms with E-state index in [-0.39, 0.29) is 5.97 Å². The van der Waals surface area contributed by atoms with Crippen molar-refractivity contribution < 1.29 is 19.0 Å². The molecule has 4 nitrogen and oxygen atoms in total. The number of hydrogen-bond acceptors (Lipinski definition) is 4. The van der Waals surface area contributed by atoms with Crippen LogP contribution in [0.1, 0.15) is 10.4 Å². The second kappa shape index (κ2) is 5.60. The minimum absolute atomic E-state index is 0.302. The summed E-state index contributed by atoms with van der Waals surface area (Å²) in [6.07, 6.45) is -0.583. The first kappa shape index (κ1) is 11.8. The molecular weight excluding hydrogens is 323 g/mol. The van der Waals surface area contributed by atoms with Gasteiger partial charge in [0.1, 0.15) is 6.61 Å². The summed E-state index contributed by atoms with van der Waals surface area (Å²) in [5, 5.41) is 0. The molecule has 1 fully saturated rings. The highest BCUT2D eigenvalue weighted by atomic mass is 127. The fraction of sp³-hybridized carbons (Fsp3) is 0.364. The number of hydrogen-bond donors (Lipinski definition) is 0.